The highest BCUT2D eigenvalue weighted by atomic mass is 15.8. The second kappa shape index (κ2) is 5.68. The Morgan fingerprint density at radius 2 is 2.00 bits per heavy atom. The van der Waals surface area contributed by atoms with Gasteiger partial charge in [0.15, 0.2) is 0 Å². The number of allylic oxidation sites excluding steroid dienone is 1. The van der Waals surface area contributed by atoms with Gasteiger partial charge in [0.05, 0.1) is 0 Å². The first-order valence-electron chi connectivity index (χ1n) is 6.65. The molecular weight excluding hydrogens is 266 g/mol. The summed E-state index contributed by atoms with van der Waals surface area (Å²) < 4.78 is 2.10. The third-order valence-electron chi connectivity index (χ3n) is 3.17. The van der Waals surface area contributed by atoms with E-state index in [-0.39, 0.29) is 0 Å². The molecule has 1 aliphatic rings. The van der Waals surface area contributed by atoms with E-state index >= 15 is 0 Å². The van der Waals surface area contributed by atoms with Crippen molar-refractivity contribution in [2.75, 3.05) is 0 Å². The molecule has 108 valence electrons. The topological polar surface area (TPSA) is 97.5 Å². The molecule has 3 rings (SSSR count). The van der Waals surface area contributed by atoms with Gasteiger partial charge in [-0.15, -0.1) is 10.3 Å². The molecule has 1 aromatic carbocycles. The molecule has 0 atom stereocenters. The highest BCUT2D eigenvalue weighted by Gasteiger charge is 2.10. The van der Waals surface area contributed by atoms with Crippen molar-refractivity contribution in [3.05, 3.63) is 54.5 Å². The summed E-state index contributed by atoms with van der Waals surface area (Å²) in [5, 5.41) is 4.96. The molecule has 0 amide bonds. The van der Waals surface area contributed by atoms with Crippen LogP contribution in [0.3, 0.4) is 0 Å². The Balaban J connectivity index is 1.73. The summed E-state index contributed by atoms with van der Waals surface area (Å²) in [6.07, 6.45) is 6.29. The Morgan fingerprint density at radius 1 is 1.19 bits per heavy atom. The minimum Gasteiger partial charge on any atom is -0.382 e. The van der Waals surface area contributed by atoms with E-state index in [0.717, 1.165) is 35.3 Å². The summed E-state index contributed by atoms with van der Waals surface area (Å²) in [5.74, 6) is 6.91. The van der Waals surface area contributed by atoms with Gasteiger partial charge in [-0.3, -0.25) is 5.43 Å². The Hall–Kier alpha value is -2.80. The summed E-state index contributed by atoms with van der Waals surface area (Å²) in [6.45, 7) is 0.768. The number of benzene rings is 1. The molecule has 0 unspecified atom stereocenters. The summed E-state index contributed by atoms with van der Waals surface area (Å²) in [6, 6.07) is 10.1. The number of amidine groups is 1. The minimum atomic E-state index is 0.389. The summed E-state index contributed by atoms with van der Waals surface area (Å²) in [7, 11) is 0. The molecule has 0 radical (unpaired) electrons. The molecule has 0 saturated carbocycles. The minimum absolute atomic E-state index is 0.389. The highest BCUT2D eigenvalue weighted by Crippen LogP contribution is 2.17. The van der Waals surface area contributed by atoms with Crippen molar-refractivity contribution in [2.45, 2.75) is 13.0 Å². The fourth-order valence-electron chi connectivity index (χ4n) is 2.24. The van der Waals surface area contributed by atoms with Gasteiger partial charge in [-0.2, -0.15) is 0 Å². The first kappa shape index (κ1) is 13.2. The first-order chi connectivity index (χ1) is 10.2. The average Bonchev–Trinajstić information content (AvgIpc) is 2.93. The van der Waals surface area contributed by atoms with E-state index in [1.165, 1.54) is 0 Å². The third kappa shape index (κ3) is 3.03. The molecule has 1 aliphatic heterocycles. The smallest absolute Gasteiger partial charge is 0.148 e. The van der Waals surface area contributed by atoms with Gasteiger partial charge >= 0.3 is 0 Å². The van der Waals surface area contributed by atoms with Gasteiger partial charge in [-0.25, -0.2) is 10.8 Å². The zero-order valence-corrected chi connectivity index (χ0v) is 11.5. The van der Waals surface area contributed by atoms with Gasteiger partial charge in [0.1, 0.15) is 11.7 Å². The van der Waals surface area contributed by atoms with Crippen LogP contribution in [0.5, 0.6) is 0 Å². The number of rotatable bonds is 4. The number of nitrogens with one attached hydrogen (secondary N) is 1. The van der Waals surface area contributed by atoms with E-state index in [0.29, 0.717) is 5.84 Å². The van der Waals surface area contributed by atoms with Gasteiger partial charge in [0, 0.05) is 42.7 Å². The van der Waals surface area contributed by atoms with E-state index < -0.39 is 0 Å². The fourth-order valence-corrected chi connectivity index (χ4v) is 2.24. The van der Waals surface area contributed by atoms with Crippen LogP contribution in [0.2, 0.25) is 0 Å². The number of imidazole rings is 1. The van der Waals surface area contributed by atoms with Gasteiger partial charge in [-0.1, -0.05) is 30.3 Å². The second-order valence-corrected chi connectivity index (χ2v) is 4.71. The van der Waals surface area contributed by atoms with Crippen molar-refractivity contribution in [2.24, 2.45) is 16.7 Å². The van der Waals surface area contributed by atoms with Crippen LogP contribution >= 0.6 is 0 Å². The van der Waals surface area contributed by atoms with Crippen LogP contribution in [-0.2, 0) is 6.54 Å². The van der Waals surface area contributed by atoms with Gasteiger partial charge < -0.3 is 10.3 Å². The number of hydrazone groups is 1. The van der Waals surface area contributed by atoms with E-state index in [2.05, 4.69) is 20.1 Å². The maximum Gasteiger partial charge on any atom is 0.148 e. The van der Waals surface area contributed by atoms with Crippen molar-refractivity contribution in [1.29, 1.82) is 0 Å². The maximum atomic E-state index is 5.68. The molecular formula is C14H17N7. The van der Waals surface area contributed by atoms with Crippen LogP contribution in [0.4, 0.5) is 0 Å². The predicted octanol–water partition coefficient (Wildman–Crippen LogP) is 0.790. The van der Waals surface area contributed by atoms with Crippen molar-refractivity contribution < 1.29 is 0 Å². The number of hydrazine groups is 2. The Labute approximate surface area is 122 Å². The Bertz CT molecular complexity index is 672. The van der Waals surface area contributed by atoms with Gasteiger partial charge in [0.2, 0.25) is 0 Å². The monoisotopic (exact) mass is 283 g/mol. The zero-order chi connectivity index (χ0) is 14.7. The third-order valence-corrected chi connectivity index (χ3v) is 3.17. The number of aromatic nitrogens is 2. The molecule has 0 spiro atoms. The molecule has 7 nitrogen and oxygen atoms in total. The van der Waals surface area contributed by atoms with Crippen LogP contribution in [0.1, 0.15) is 6.42 Å². The van der Waals surface area contributed by atoms with Crippen molar-refractivity contribution in [3.8, 4) is 11.4 Å². The van der Waals surface area contributed by atoms with Crippen LogP contribution in [0, 0.1) is 0 Å². The van der Waals surface area contributed by atoms with Crippen LogP contribution in [0.15, 0.2) is 59.6 Å². The van der Waals surface area contributed by atoms with Gasteiger partial charge in [0.25, 0.3) is 0 Å². The largest absolute Gasteiger partial charge is 0.382 e. The number of nitrogens with two attached hydrogens (primary N) is 2. The van der Waals surface area contributed by atoms with Crippen molar-refractivity contribution in [1.82, 2.24) is 20.2 Å². The molecule has 7 heteroatoms. The van der Waals surface area contributed by atoms with Crippen molar-refractivity contribution in [3.63, 3.8) is 0 Å². The Morgan fingerprint density at radius 3 is 2.76 bits per heavy atom. The second-order valence-electron chi connectivity index (χ2n) is 4.71. The fraction of sp³-hybridized carbons (Fsp3) is 0.143. The SMILES string of the molecule is NC1=NN(N)NC(CCn2ccnc2-c2ccccc2)=C1. The molecule has 0 bridgehead atoms. The lowest BCUT2D eigenvalue weighted by Crippen LogP contribution is -2.43. The molecule has 0 saturated heterocycles. The molecule has 2 aromatic rings. The lowest BCUT2D eigenvalue weighted by atomic mass is 10.2. The quantitative estimate of drug-likeness (QED) is 0.721. The van der Waals surface area contributed by atoms with Crippen LogP contribution in [0.25, 0.3) is 11.4 Å². The summed E-state index contributed by atoms with van der Waals surface area (Å²) in [4.78, 5) is 4.42. The standard InChI is InChI=1S/C14H17N7/c15-13-10-12(18-21(16)19-13)6-8-20-9-7-17-14(20)11-4-2-1-3-5-11/h1-5,7,9-10,18H,6,8,16H2,(H2,15,19). The summed E-state index contributed by atoms with van der Waals surface area (Å²) >= 11 is 0. The molecule has 21 heavy (non-hydrogen) atoms. The van der Waals surface area contributed by atoms with Gasteiger partial charge in [-0.05, 0) is 0 Å². The van der Waals surface area contributed by atoms with E-state index in [1.807, 2.05) is 36.5 Å². The number of nitrogens with zero attached hydrogens (tertiary/aromatic N) is 4. The van der Waals surface area contributed by atoms with E-state index in [9.17, 15) is 0 Å². The molecule has 0 fully saturated rings. The molecule has 0 aliphatic carbocycles. The average molecular weight is 283 g/mol. The molecule has 5 N–H and O–H groups in total. The highest BCUT2D eigenvalue weighted by molar-refractivity contribution is 5.92. The molecule has 1 aromatic heterocycles. The first-order valence-corrected chi connectivity index (χ1v) is 6.65. The molecule has 2 heterocycles. The van der Waals surface area contributed by atoms with E-state index in [1.54, 1.807) is 12.3 Å². The maximum absolute atomic E-state index is 5.68. The van der Waals surface area contributed by atoms with E-state index in [4.69, 9.17) is 11.6 Å². The lowest BCUT2D eigenvalue weighted by molar-refractivity contribution is 0.220. The lowest BCUT2D eigenvalue weighted by Gasteiger charge is -2.22. The normalized spacial score (nSPS) is 14.4. The van der Waals surface area contributed by atoms with Crippen LogP contribution < -0.4 is 17.0 Å². The predicted molar refractivity (Wildman–Crippen MR) is 81.1 cm³/mol. The zero-order valence-electron chi connectivity index (χ0n) is 11.5. The van der Waals surface area contributed by atoms with Crippen molar-refractivity contribution >= 4 is 5.84 Å². The Kier molecular flexibility index (Phi) is 3.57. The number of aryl methyl sites for hydroxylation is 1. The number of hydrogen-bond acceptors (Lipinski definition) is 6. The van der Waals surface area contributed by atoms with Crippen LogP contribution in [-0.4, -0.2) is 20.6 Å². The number of hydrogen-bond donors (Lipinski definition) is 3. The summed E-state index contributed by atoms with van der Waals surface area (Å²) in [5.41, 5.74) is 10.6.